The molecule has 1 aliphatic heterocycles. The van der Waals surface area contributed by atoms with E-state index in [-0.39, 0.29) is 11.5 Å². The third-order valence-electron chi connectivity index (χ3n) is 4.99. The molecule has 0 N–H and O–H groups in total. The normalized spacial score (nSPS) is 19.3. The molecule has 1 heterocycles. The van der Waals surface area contributed by atoms with Crippen molar-refractivity contribution in [3.8, 4) is 0 Å². The molecule has 0 aliphatic carbocycles. The van der Waals surface area contributed by atoms with Gasteiger partial charge in [-0.25, -0.2) is 8.42 Å². The molecule has 0 radical (unpaired) electrons. The minimum Gasteiger partial charge on any atom is -0.207 e. The number of hydrogen-bond donors (Lipinski definition) is 0. The number of hydrogen-bond acceptors (Lipinski definition) is 2. The van der Waals surface area contributed by atoms with Crippen LogP contribution in [-0.2, 0) is 15.4 Å². The van der Waals surface area contributed by atoms with E-state index in [1.807, 2.05) is 19.1 Å². The summed E-state index contributed by atoms with van der Waals surface area (Å²) in [6, 6.07) is 15.5. The highest BCUT2D eigenvalue weighted by Gasteiger charge is 2.36. The summed E-state index contributed by atoms with van der Waals surface area (Å²) in [7, 11) is -3.48. The topological polar surface area (TPSA) is 37.4 Å². The van der Waals surface area contributed by atoms with Gasteiger partial charge in [0.15, 0.2) is 0 Å². The molecule has 1 saturated heterocycles. The second-order valence-electron chi connectivity index (χ2n) is 7.96. The van der Waals surface area contributed by atoms with Crippen molar-refractivity contribution in [2.24, 2.45) is 0 Å². The number of rotatable bonds is 3. The van der Waals surface area contributed by atoms with Crippen LogP contribution in [0, 0.1) is 6.92 Å². The average Bonchev–Trinajstić information content (AvgIpc) is 3.05. The smallest absolute Gasteiger partial charge is 0.207 e. The van der Waals surface area contributed by atoms with Gasteiger partial charge in [0.2, 0.25) is 10.0 Å². The lowest BCUT2D eigenvalue weighted by Gasteiger charge is -2.25. The maximum absolute atomic E-state index is 13.2. The molecule has 0 amide bonds. The van der Waals surface area contributed by atoms with Gasteiger partial charge in [-0.1, -0.05) is 62.7 Å². The molecule has 0 aromatic heterocycles. The van der Waals surface area contributed by atoms with Crippen LogP contribution in [0.5, 0.6) is 0 Å². The van der Waals surface area contributed by atoms with Crippen LogP contribution in [0.3, 0.4) is 0 Å². The summed E-state index contributed by atoms with van der Waals surface area (Å²) in [4.78, 5) is 0.388. The van der Waals surface area contributed by atoms with Crippen LogP contribution in [-0.4, -0.2) is 19.3 Å². The Morgan fingerprint density at radius 3 is 2.12 bits per heavy atom. The molecule has 134 valence electrons. The van der Waals surface area contributed by atoms with Crippen LogP contribution in [0.15, 0.2) is 53.4 Å². The van der Waals surface area contributed by atoms with Gasteiger partial charge in [-0.2, -0.15) is 4.31 Å². The van der Waals surface area contributed by atoms with Crippen LogP contribution < -0.4 is 0 Å². The van der Waals surface area contributed by atoms with Gasteiger partial charge >= 0.3 is 0 Å². The maximum atomic E-state index is 13.2. The van der Waals surface area contributed by atoms with Gasteiger partial charge in [0.05, 0.1) is 10.9 Å². The molecule has 1 atom stereocenters. The molecule has 1 fully saturated rings. The van der Waals surface area contributed by atoms with Crippen LogP contribution in [0.1, 0.15) is 56.3 Å². The van der Waals surface area contributed by atoms with Gasteiger partial charge in [-0.3, -0.25) is 0 Å². The third kappa shape index (κ3) is 3.65. The Balaban J connectivity index is 1.92. The number of aryl methyl sites for hydroxylation is 1. The fourth-order valence-corrected chi connectivity index (χ4v) is 5.09. The van der Waals surface area contributed by atoms with Gasteiger partial charge in [0, 0.05) is 6.54 Å². The summed E-state index contributed by atoms with van der Waals surface area (Å²) in [6.07, 6.45) is 1.78. The zero-order valence-electron chi connectivity index (χ0n) is 15.5. The Labute approximate surface area is 151 Å². The van der Waals surface area contributed by atoms with Crippen molar-refractivity contribution in [1.29, 1.82) is 0 Å². The first-order valence-corrected chi connectivity index (χ1v) is 10.3. The molecule has 4 heteroatoms. The molecule has 0 saturated carbocycles. The quantitative estimate of drug-likeness (QED) is 0.790. The first kappa shape index (κ1) is 18.2. The first-order chi connectivity index (χ1) is 11.7. The van der Waals surface area contributed by atoms with E-state index < -0.39 is 10.0 Å². The number of sulfonamides is 1. The van der Waals surface area contributed by atoms with Crippen molar-refractivity contribution in [1.82, 2.24) is 4.31 Å². The second kappa shape index (κ2) is 6.58. The van der Waals surface area contributed by atoms with Gasteiger partial charge < -0.3 is 0 Å². The largest absolute Gasteiger partial charge is 0.243 e. The Kier molecular flexibility index (Phi) is 4.78. The molecule has 3 rings (SSSR count). The highest BCUT2D eigenvalue weighted by atomic mass is 32.2. The molecule has 0 spiro atoms. The highest BCUT2D eigenvalue weighted by Crippen LogP contribution is 2.37. The van der Waals surface area contributed by atoms with Gasteiger partial charge in [-0.15, -0.1) is 0 Å². The van der Waals surface area contributed by atoms with E-state index in [9.17, 15) is 8.42 Å². The van der Waals surface area contributed by atoms with Crippen molar-refractivity contribution in [3.05, 3.63) is 65.2 Å². The van der Waals surface area contributed by atoms with Crippen molar-refractivity contribution >= 4 is 10.0 Å². The summed E-state index contributed by atoms with van der Waals surface area (Å²) < 4.78 is 28.0. The fourth-order valence-electron chi connectivity index (χ4n) is 3.41. The summed E-state index contributed by atoms with van der Waals surface area (Å²) in [5.74, 6) is 0. The monoisotopic (exact) mass is 357 g/mol. The zero-order chi connectivity index (χ0) is 18.2. The Hall–Kier alpha value is -1.65. The molecule has 2 aromatic rings. The fraction of sp³-hybridized carbons (Fsp3) is 0.429. The molecule has 0 bridgehead atoms. The van der Waals surface area contributed by atoms with Crippen molar-refractivity contribution < 1.29 is 8.42 Å². The Bertz CT molecular complexity index is 831. The lowest BCUT2D eigenvalue weighted by Crippen LogP contribution is -2.30. The molecule has 3 nitrogen and oxygen atoms in total. The van der Waals surface area contributed by atoms with Crippen LogP contribution in [0.4, 0.5) is 0 Å². The van der Waals surface area contributed by atoms with Crippen molar-refractivity contribution in [2.75, 3.05) is 6.54 Å². The number of benzene rings is 2. The molecule has 25 heavy (non-hydrogen) atoms. The molecule has 0 unspecified atom stereocenters. The maximum Gasteiger partial charge on any atom is 0.243 e. The first-order valence-electron chi connectivity index (χ1n) is 8.88. The summed E-state index contributed by atoms with van der Waals surface area (Å²) in [5, 5.41) is 0. The summed E-state index contributed by atoms with van der Waals surface area (Å²) in [6.45, 7) is 9.02. The van der Waals surface area contributed by atoms with E-state index in [1.54, 1.807) is 16.4 Å². The SMILES string of the molecule is Cc1ccc([C@H]2CCCN2S(=O)(=O)c2ccc(C(C)(C)C)cc2)cc1. The molecular formula is C21H27NO2S. The zero-order valence-corrected chi connectivity index (χ0v) is 16.3. The predicted molar refractivity (Wildman–Crippen MR) is 102 cm³/mol. The van der Waals surface area contributed by atoms with E-state index in [4.69, 9.17) is 0 Å². The summed E-state index contributed by atoms with van der Waals surface area (Å²) in [5.41, 5.74) is 3.43. The lowest BCUT2D eigenvalue weighted by molar-refractivity contribution is 0.396. The predicted octanol–water partition coefficient (Wildman–Crippen LogP) is 4.82. The van der Waals surface area contributed by atoms with Crippen LogP contribution >= 0.6 is 0 Å². The minimum absolute atomic E-state index is 0.0143. The van der Waals surface area contributed by atoms with Gasteiger partial charge in [0.1, 0.15) is 0 Å². The number of nitrogens with zero attached hydrogens (tertiary/aromatic N) is 1. The van der Waals surface area contributed by atoms with Gasteiger partial charge in [0.25, 0.3) is 0 Å². The Morgan fingerprint density at radius 2 is 1.56 bits per heavy atom. The average molecular weight is 358 g/mol. The van der Waals surface area contributed by atoms with Crippen LogP contribution in [0.25, 0.3) is 0 Å². The second-order valence-corrected chi connectivity index (χ2v) is 9.85. The van der Waals surface area contributed by atoms with E-state index in [0.29, 0.717) is 11.4 Å². The van der Waals surface area contributed by atoms with Crippen LogP contribution in [0.2, 0.25) is 0 Å². The lowest BCUT2D eigenvalue weighted by atomic mass is 9.87. The minimum atomic E-state index is -3.48. The van der Waals surface area contributed by atoms with E-state index >= 15 is 0 Å². The highest BCUT2D eigenvalue weighted by molar-refractivity contribution is 7.89. The van der Waals surface area contributed by atoms with Gasteiger partial charge in [-0.05, 0) is 48.4 Å². The van der Waals surface area contributed by atoms with Crippen molar-refractivity contribution in [3.63, 3.8) is 0 Å². The molecule has 2 aromatic carbocycles. The van der Waals surface area contributed by atoms with E-state index in [0.717, 1.165) is 24.0 Å². The van der Waals surface area contributed by atoms with E-state index in [2.05, 4.69) is 45.0 Å². The van der Waals surface area contributed by atoms with E-state index in [1.165, 1.54) is 5.56 Å². The summed E-state index contributed by atoms with van der Waals surface area (Å²) >= 11 is 0. The standard InChI is InChI=1S/C21H27NO2S/c1-16-7-9-17(10-8-16)20-6-5-15-22(20)25(23,24)19-13-11-18(12-14-19)21(2,3)4/h7-14,20H,5-6,15H2,1-4H3/t20-/m1/s1. The Morgan fingerprint density at radius 1 is 0.960 bits per heavy atom. The molecular weight excluding hydrogens is 330 g/mol. The van der Waals surface area contributed by atoms with Crippen molar-refractivity contribution in [2.45, 2.75) is 56.9 Å². The third-order valence-corrected chi connectivity index (χ3v) is 6.92. The molecule has 1 aliphatic rings.